The van der Waals surface area contributed by atoms with E-state index in [1.54, 1.807) is 18.2 Å². The molecule has 3 nitrogen and oxygen atoms in total. The number of nitrogens with two attached hydrogens (primary N) is 1. The number of nitrogens with one attached hydrogen (secondary N) is 1. The van der Waals surface area contributed by atoms with Gasteiger partial charge in [-0.3, -0.25) is 5.41 Å². The quantitative estimate of drug-likeness (QED) is 0.641. The van der Waals surface area contributed by atoms with Gasteiger partial charge in [-0.1, -0.05) is 43.6 Å². The molecular formula is C16H17ClN2O. The normalized spacial score (nSPS) is 10.6. The Kier molecular flexibility index (Phi) is 4.30. The molecule has 2 rings (SSSR count). The fourth-order valence-corrected chi connectivity index (χ4v) is 2.13. The predicted octanol–water partition coefficient (Wildman–Crippen LogP) is 4.54. The average molecular weight is 289 g/mol. The lowest BCUT2D eigenvalue weighted by Gasteiger charge is -2.15. The summed E-state index contributed by atoms with van der Waals surface area (Å²) in [7, 11) is 0. The van der Waals surface area contributed by atoms with Crippen molar-refractivity contribution in [3.05, 3.63) is 58.6 Å². The smallest absolute Gasteiger partial charge is 0.139 e. The number of amidine groups is 1. The number of benzene rings is 2. The third-order valence-corrected chi connectivity index (χ3v) is 3.23. The van der Waals surface area contributed by atoms with Gasteiger partial charge in [0.1, 0.15) is 17.3 Å². The lowest BCUT2D eigenvalue weighted by atomic mass is 10.0. The summed E-state index contributed by atoms with van der Waals surface area (Å²) in [6.45, 7) is 4.21. The maximum Gasteiger partial charge on any atom is 0.139 e. The molecule has 20 heavy (non-hydrogen) atoms. The predicted molar refractivity (Wildman–Crippen MR) is 83.1 cm³/mol. The van der Waals surface area contributed by atoms with E-state index in [-0.39, 0.29) is 5.84 Å². The second-order valence-corrected chi connectivity index (χ2v) is 5.29. The van der Waals surface area contributed by atoms with Crippen LogP contribution in [0.4, 0.5) is 0 Å². The van der Waals surface area contributed by atoms with Crippen molar-refractivity contribution in [3.8, 4) is 11.5 Å². The van der Waals surface area contributed by atoms with Crippen LogP contribution in [0.25, 0.3) is 0 Å². The molecule has 0 aliphatic carbocycles. The van der Waals surface area contributed by atoms with E-state index in [0.717, 1.165) is 11.3 Å². The van der Waals surface area contributed by atoms with Gasteiger partial charge in [-0.05, 0) is 29.7 Å². The maximum absolute atomic E-state index is 7.61. The minimum absolute atomic E-state index is 0.0429. The topological polar surface area (TPSA) is 59.1 Å². The molecule has 0 amide bonds. The molecule has 0 aliphatic rings. The van der Waals surface area contributed by atoms with E-state index in [1.165, 1.54) is 0 Å². The SMILES string of the molecule is CC(C)c1ccccc1Oc1cc(Cl)ccc1C(=N)N. The molecule has 0 saturated carbocycles. The zero-order chi connectivity index (χ0) is 14.7. The molecule has 0 aromatic heterocycles. The minimum atomic E-state index is -0.0429. The monoisotopic (exact) mass is 288 g/mol. The molecule has 3 N–H and O–H groups in total. The zero-order valence-electron chi connectivity index (χ0n) is 11.5. The van der Waals surface area contributed by atoms with Gasteiger partial charge in [-0.25, -0.2) is 0 Å². The molecule has 0 radical (unpaired) electrons. The van der Waals surface area contributed by atoms with Crippen LogP contribution in [0, 0.1) is 5.41 Å². The van der Waals surface area contributed by atoms with Crippen molar-refractivity contribution in [2.45, 2.75) is 19.8 Å². The third kappa shape index (κ3) is 3.11. The second kappa shape index (κ2) is 5.97. The van der Waals surface area contributed by atoms with E-state index in [0.29, 0.717) is 22.3 Å². The van der Waals surface area contributed by atoms with E-state index < -0.39 is 0 Å². The van der Waals surface area contributed by atoms with Gasteiger partial charge in [-0.2, -0.15) is 0 Å². The Morgan fingerprint density at radius 1 is 1.15 bits per heavy atom. The van der Waals surface area contributed by atoms with Gasteiger partial charge < -0.3 is 10.5 Å². The van der Waals surface area contributed by atoms with E-state index in [1.807, 2.05) is 24.3 Å². The first-order chi connectivity index (χ1) is 9.49. The molecule has 2 aromatic carbocycles. The fraction of sp³-hybridized carbons (Fsp3) is 0.188. The van der Waals surface area contributed by atoms with Crippen molar-refractivity contribution in [3.63, 3.8) is 0 Å². The van der Waals surface area contributed by atoms with Crippen molar-refractivity contribution in [1.82, 2.24) is 0 Å². The summed E-state index contributed by atoms with van der Waals surface area (Å²) in [6, 6.07) is 12.9. The van der Waals surface area contributed by atoms with Crippen LogP contribution in [-0.4, -0.2) is 5.84 Å². The van der Waals surface area contributed by atoms with E-state index in [9.17, 15) is 0 Å². The van der Waals surface area contributed by atoms with Crippen molar-refractivity contribution >= 4 is 17.4 Å². The molecule has 0 unspecified atom stereocenters. The molecule has 104 valence electrons. The molecule has 0 spiro atoms. The highest BCUT2D eigenvalue weighted by atomic mass is 35.5. The van der Waals surface area contributed by atoms with E-state index >= 15 is 0 Å². The number of nitrogen functional groups attached to an aromatic ring is 1. The number of hydrogen-bond donors (Lipinski definition) is 2. The largest absolute Gasteiger partial charge is 0.456 e. The molecule has 0 saturated heterocycles. The molecule has 0 aliphatic heterocycles. The Morgan fingerprint density at radius 3 is 2.50 bits per heavy atom. The number of hydrogen-bond acceptors (Lipinski definition) is 2. The van der Waals surface area contributed by atoms with Crippen molar-refractivity contribution < 1.29 is 4.74 Å². The van der Waals surface area contributed by atoms with Crippen LogP contribution in [0.3, 0.4) is 0 Å². The Balaban J connectivity index is 2.45. The fourth-order valence-electron chi connectivity index (χ4n) is 1.97. The first-order valence-corrected chi connectivity index (χ1v) is 6.77. The Hall–Kier alpha value is -2.00. The highest BCUT2D eigenvalue weighted by molar-refractivity contribution is 6.30. The maximum atomic E-state index is 7.61. The second-order valence-electron chi connectivity index (χ2n) is 4.85. The van der Waals surface area contributed by atoms with Crippen LogP contribution in [-0.2, 0) is 0 Å². The summed E-state index contributed by atoms with van der Waals surface area (Å²) in [5.74, 6) is 1.55. The summed E-state index contributed by atoms with van der Waals surface area (Å²) in [5.41, 5.74) is 7.21. The lowest BCUT2D eigenvalue weighted by molar-refractivity contribution is 0.472. The van der Waals surface area contributed by atoms with Crippen LogP contribution in [0.15, 0.2) is 42.5 Å². The molecule has 0 atom stereocenters. The molecular weight excluding hydrogens is 272 g/mol. The Morgan fingerprint density at radius 2 is 1.85 bits per heavy atom. The van der Waals surface area contributed by atoms with Gasteiger partial charge in [0.05, 0.1) is 5.56 Å². The van der Waals surface area contributed by atoms with Crippen LogP contribution < -0.4 is 10.5 Å². The van der Waals surface area contributed by atoms with Gasteiger partial charge in [0.15, 0.2) is 0 Å². The van der Waals surface area contributed by atoms with Crippen molar-refractivity contribution in [2.24, 2.45) is 5.73 Å². The minimum Gasteiger partial charge on any atom is -0.456 e. The van der Waals surface area contributed by atoms with E-state index in [4.69, 9.17) is 27.5 Å². The number of halogens is 1. The number of rotatable bonds is 4. The van der Waals surface area contributed by atoms with Crippen LogP contribution in [0.5, 0.6) is 11.5 Å². The van der Waals surface area contributed by atoms with Crippen LogP contribution in [0.2, 0.25) is 5.02 Å². The van der Waals surface area contributed by atoms with Crippen LogP contribution >= 0.6 is 11.6 Å². The summed E-state index contributed by atoms with van der Waals surface area (Å²) in [5, 5.41) is 8.15. The molecule has 2 aromatic rings. The van der Waals surface area contributed by atoms with Gasteiger partial charge in [0.25, 0.3) is 0 Å². The van der Waals surface area contributed by atoms with Crippen molar-refractivity contribution in [1.29, 1.82) is 5.41 Å². The Labute approximate surface area is 123 Å². The third-order valence-electron chi connectivity index (χ3n) is 2.99. The first-order valence-electron chi connectivity index (χ1n) is 6.39. The number of para-hydroxylation sites is 1. The standard InChI is InChI=1S/C16H17ClN2O/c1-10(2)12-5-3-4-6-14(12)20-15-9-11(17)7-8-13(15)16(18)19/h3-10H,1-2H3,(H3,18,19). The first kappa shape index (κ1) is 14.4. The van der Waals surface area contributed by atoms with Gasteiger partial charge in [0, 0.05) is 11.1 Å². The van der Waals surface area contributed by atoms with Crippen LogP contribution in [0.1, 0.15) is 30.9 Å². The Bertz CT molecular complexity index is 638. The summed E-state index contributed by atoms with van der Waals surface area (Å²) >= 11 is 6.00. The summed E-state index contributed by atoms with van der Waals surface area (Å²) in [6.07, 6.45) is 0. The highest BCUT2D eigenvalue weighted by Gasteiger charge is 2.12. The highest BCUT2D eigenvalue weighted by Crippen LogP contribution is 2.33. The molecule has 0 bridgehead atoms. The molecule has 0 heterocycles. The van der Waals surface area contributed by atoms with E-state index in [2.05, 4.69) is 13.8 Å². The molecule has 4 heteroatoms. The van der Waals surface area contributed by atoms with Gasteiger partial charge in [-0.15, -0.1) is 0 Å². The average Bonchev–Trinajstić information content (AvgIpc) is 2.38. The lowest BCUT2D eigenvalue weighted by Crippen LogP contribution is -2.12. The van der Waals surface area contributed by atoms with Gasteiger partial charge >= 0.3 is 0 Å². The number of ether oxygens (including phenoxy) is 1. The van der Waals surface area contributed by atoms with Crippen molar-refractivity contribution in [2.75, 3.05) is 0 Å². The van der Waals surface area contributed by atoms with Gasteiger partial charge in [0.2, 0.25) is 0 Å². The summed E-state index contributed by atoms with van der Waals surface area (Å²) < 4.78 is 5.94. The summed E-state index contributed by atoms with van der Waals surface area (Å²) in [4.78, 5) is 0. The zero-order valence-corrected chi connectivity index (χ0v) is 12.2. The molecule has 0 fully saturated rings.